The normalized spacial score (nSPS) is 19.9. The Labute approximate surface area is 135 Å². The van der Waals surface area contributed by atoms with Gasteiger partial charge in [0.2, 0.25) is 0 Å². The van der Waals surface area contributed by atoms with E-state index in [1.54, 1.807) is 6.07 Å². The second-order valence-corrected chi connectivity index (χ2v) is 6.66. The monoisotopic (exact) mass is 357 g/mol. The highest BCUT2D eigenvalue weighted by Crippen LogP contribution is 2.22. The predicted molar refractivity (Wildman–Crippen MR) is 88.1 cm³/mol. The van der Waals surface area contributed by atoms with Crippen LogP contribution in [0.4, 0.5) is 4.39 Å². The van der Waals surface area contributed by atoms with Crippen LogP contribution in [-0.4, -0.2) is 25.3 Å². The SMILES string of the molecule is CCCNC(CCC1CCCO1)Cc1ccc(F)cc1Br. The molecule has 0 saturated carbocycles. The lowest BCUT2D eigenvalue weighted by Gasteiger charge is -2.21. The van der Waals surface area contributed by atoms with Gasteiger partial charge in [-0.15, -0.1) is 0 Å². The van der Waals surface area contributed by atoms with Crippen LogP contribution in [0.3, 0.4) is 0 Å². The average molecular weight is 358 g/mol. The Kier molecular flexibility index (Phi) is 7.14. The molecule has 0 bridgehead atoms. The molecule has 0 aliphatic carbocycles. The number of halogens is 2. The van der Waals surface area contributed by atoms with Crippen molar-refractivity contribution in [1.29, 1.82) is 0 Å². The van der Waals surface area contributed by atoms with Gasteiger partial charge in [0.25, 0.3) is 0 Å². The fourth-order valence-corrected chi connectivity index (χ4v) is 3.35. The lowest BCUT2D eigenvalue weighted by molar-refractivity contribution is 0.0995. The summed E-state index contributed by atoms with van der Waals surface area (Å²) in [5.74, 6) is -0.192. The van der Waals surface area contributed by atoms with Gasteiger partial charge in [0, 0.05) is 17.1 Å². The molecule has 1 heterocycles. The van der Waals surface area contributed by atoms with Crippen LogP contribution in [0.5, 0.6) is 0 Å². The molecule has 2 nitrogen and oxygen atoms in total. The lowest BCUT2D eigenvalue weighted by Crippen LogP contribution is -2.32. The molecule has 1 saturated heterocycles. The number of rotatable bonds is 8. The van der Waals surface area contributed by atoms with Crippen LogP contribution in [0, 0.1) is 5.82 Å². The van der Waals surface area contributed by atoms with E-state index >= 15 is 0 Å². The first-order valence-corrected chi connectivity index (χ1v) is 8.77. The molecule has 2 rings (SSSR count). The van der Waals surface area contributed by atoms with Gasteiger partial charge in [-0.05, 0) is 62.8 Å². The Morgan fingerprint density at radius 1 is 1.48 bits per heavy atom. The van der Waals surface area contributed by atoms with Crippen LogP contribution < -0.4 is 5.32 Å². The number of ether oxygens (including phenoxy) is 1. The summed E-state index contributed by atoms with van der Waals surface area (Å²) >= 11 is 3.47. The first-order chi connectivity index (χ1) is 10.2. The van der Waals surface area contributed by atoms with Gasteiger partial charge in [0.05, 0.1) is 6.10 Å². The molecule has 21 heavy (non-hydrogen) atoms. The van der Waals surface area contributed by atoms with Crippen molar-refractivity contribution in [3.05, 3.63) is 34.1 Å². The fraction of sp³-hybridized carbons (Fsp3) is 0.647. The molecule has 118 valence electrons. The molecular weight excluding hydrogens is 333 g/mol. The third kappa shape index (κ3) is 5.68. The Bertz CT molecular complexity index is 435. The fourth-order valence-electron chi connectivity index (χ4n) is 2.84. The van der Waals surface area contributed by atoms with Gasteiger partial charge in [0.15, 0.2) is 0 Å². The standard InChI is InChI=1S/C17H25BrFNO/c1-2-9-20-15(7-8-16-4-3-10-21-16)11-13-5-6-14(19)12-17(13)18/h5-6,12,15-16,20H,2-4,7-11H2,1H3. The van der Waals surface area contributed by atoms with E-state index in [9.17, 15) is 4.39 Å². The maximum atomic E-state index is 13.2. The van der Waals surface area contributed by atoms with Crippen molar-refractivity contribution in [1.82, 2.24) is 5.32 Å². The Balaban J connectivity index is 1.90. The van der Waals surface area contributed by atoms with Crippen LogP contribution >= 0.6 is 15.9 Å². The minimum atomic E-state index is -0.192. The van der Waals surface area contributed by atoms with Crippen LogP contribution in [0.1, 0.15) is 44.6 Å². The number of nitrogens with one attached hydrogen (secondary N) is 1. The predicted octanol–water partition coefficient (Wildman–Crippen LogP) is 4.46. The second kappa shape index (κ2) is 8.86. The van der Waals surface area contributed by atoms with Crippen LogP contribution in [0.15, 0.2) is 22.7 Å². The number of hydrogen-bond donors (Lipinski definition) is 1. The van der Waals surface area contributed by atoms with Gasteiger partial charge in [0.1, 0.15) is 5.82 Å². The van der Waals surface area contributed by atoms with Gasteiger partial charge in [-0.2, -0.15) is 0 Å². The molecule has 0 spiro atoms. The molecule has 1 aliphatic heterocycles. The molecule has 0 radical (unpaired) electrons. The molecule has 4 heteroatoms. The summed E-state index contributed by atoms with van der Waals surface area (Å²) in [5.41, 5.74) is 1.16. The van der Waals surface area contributed by atoms with E-state index < -0.39 is 0 Å². The summed E-state index contributed by atoms with van der Waals surface area (Å²) in [6, 6.07) is 5.39. The summed E-state index contributed by atoms with van der Waals surface area (Å²) in [4.78, 5) is 0. The van der Waals surface area contributed by atoms with Gasteiger partial charge in [-0.25, -0.2) is 4.39 Å². The highest BCUT2D eigenvalue weighted by molar-refractivity contribution is 9.10. The smallest absolute Gasteiger partial charge is 0.124 e. The molecule has 1 aliphatic rings. The quantitative estimate of drug-likeness (QED) is 0.741. The molecule has 1 aromatic carbocycles. The van der Waals surface area contributed by atoms with Crippen molar-refractivity contribution in [3.63, 3.8) is 0 Å². The first-order valence-electron chi connectivity index (χ1n) is 7.98. The maximum absolute atomic E-state index is 13.2. The van der Waals surface area contributed by atoms with Crippen LogP contribution in [-0.2, 0) is 11.2 Å². The molecule has 1 N–H and O–H groups in total. The Morgan fingerprint density at radius 3 is 3.00 bits per heavy atom. The highest BCUT2D eigenvalue weighted by Gasteiger charge is 2.18. The van der Waals surface area contributed by atoms with E-state index in [2.05, 4.69) is 28.2 Å². The minimum Gasteiger partial charge on any atom is -0.378 e. The molecule has 2 unspecified atom stereocenters. The zero-order valence-corrected chi connectivity index (χ0v) is 14.3. The largest absolute Gasteiger partial charge is 0.378 e. The van der Waals surface area contributed by atoms with Gasteiger partial charge < -0.3 is 10.1 Å². The van der Waals surface area contributed by atoms with Gasteiger partial charge >= 0.3 is 0 Å². The van der Waals surface area contributed by atoms with Crippen molar-refractivity contribution >= 4 is 15.9 Å². The van der Waals surface area contributed by atoms with Gasteiger partial charge in [-0.3, -0.25) is 0 Å². The molecule has 1 fully saturated rings. The Morgan fingerprint density at radius 2 is 2.33 bits per heavy atom. The van der Waals surface area contributed by atoms with Crippen molar-refractivity contribution in [3.8, 4) is 0 Å². The Hall–Kier alpha value is -0.450. The third-order valence-corrected chi connectivity index (χ3v) is 4.76. The molecule has 2 atom stereocenters. The van der Waals surface area contributed by atoms with E-state index in [1.807, 2.05) is 6.07 Å². The van der Waals surface area contributed by atoms with E-state index in [-0.39, 0.29) is 5.82 Å². The molecular formula is C17H25BrFNO. The van der Waals surface area contributed by atoms with Crippen molar-refractivity contribution in [2.24, 2.45) is 0 Å². The van der Waals surface area contributed by atoms with Crippen LogP contribution in [0.2, 0.25) is 0 Å². The summed E-state index contributed by atoms with van der Waals surface area (Å²) < 4.78 is 19.8. The van der Waals surface area contributed by atoms with E-state index in [0.29, 0.717) is 12.1 Å². The minimum absolute atomic E-state index is 0.192. The summed E-state index contributed by atoms with van der Waals surface area (Å²) in [6.45, 7) is 4.12. The zero-order chi connectivity index (χ0) is 15.1. The van der Waals surface area contributed by atoms with Crippen molar-refractivity contribution in [2.75, 3.05) is 13.2 Å². The lowest BCUT2D eigenvalue weighted by atomic mass is 9.99. The van der Waals surface area contributed by atoms with Crippen molar-refractivity contribution in [2.45, 2.75) is 57.6 Å². The topological polar surface area (TPSA) is 21.3 Å². The first kappa shape index (κ1) is 16.9. The molecule has 0 amide bonds. The maximum Gasteiger partial charge on any atom is 0.124 e. The van der Waals surface area contributed by atoms with Crippen LogP contribution in [0.25, 0.3) is 0 Å². The highest BCUT2D eigenvalue weighted by atomic mass is 79.9. The third-order valence-electron chi connectivity index (χ3n) is 4.03. The van der Waals surface area contributed by atoms with E-state index in [1.165, 1.54) is 18.9 Å². The van der Waals surface area contributed by atoms with Crippen molar-refractivity contribution < 1.29 is 9.13 Å². The summed E-state index contributed by atoms with van der Waals surface area (Å²) in [7, 11) is 0. The summed E-state index contributed by atoms with van der Waals surface area (Å²) in [6.07, 6.45) is 7.10. The second-order valence-electron chi connectivity index (χ2n) is 5.80. The van der Waals surface area contributed by atoms with E-state index in [0.717, 1.165) is 48.9 Å². The molecule has 1 aromatic rings. The van der Waals surface area contributed by atoms with Gasteiger partial charge in [-0.1, -0.05) is 28.9 Å². The number of hydrogen-bond acceptors (Lipinski definition) is 2. The number of benzene rings is 1. The zero-order valence-electron chi connectivity index (χ0n) is 12.7. The average Bonchev–Trinajstić information content (AvgIpc) is 2.97. The summed E-state index contributed by atoms with van der Waals surface area (Å²) in [5, 5.41) is 3.61. The van der Waals surface area contributed by atoms with E-state index in [4.69, 9.17) is 4.74 Å². The molecule has 0 aromatic heterocycles.